The number of benzene rings is 1. The molecule has 4 nitrogen and oxygen atoms in total. The zero-order valence-corrected chi connectivity index (χ0v) is 15.2. The van der Waals surface area contributed by atoms with Crippen LogP contribution in [0.5, 0.6) is 0 Å². The number of nitrogens with one attached hydrogen (secondary N) is 1. The van der Waals surface area contributed by atoms with Gasteiger partial charge in [-0.2, -0.15) is 0 Å². The van der Waals surface area contributed by atoms with Gasteiger partial charge in [-0.25, -0.2) is 13.1 Å². The van der Waals surface area contributed by atoms with Crippen LogP contribution in [0.1, 0.15) is 31.2 Å². The van der Waals surface area contributed by atoms with Gasteiger partial charge in [-0.05, 0) is 66.2 Å². The Morgan fingerprint density at radius 2 is 1.75 bits per heavy atom. The second kappa shape index (κ2) is 6.44. The molecule has 0 amide bonds. The number of rotatable bonds is 3. The molecule has 112 valence electrons. The summed E-state index contributed by atoms with van der Waals surface area (Å²) in [5.74, 6) is 0. The van der Waals surface area contributed by atoms with Gasteiger partial charge in [-0.3, -0.25) is 0 Å². The Labute approximate surface area is 136 Å². The van der Waals surface area contributed by atoms with Crippen LogP contribution in [0.2, 0.25) is 0 Å². The second-order valence-corrected chi connectivity index (χ2v) is 8.66. The van der Waals surface area contributed by atoms with Gasteiger partial charge in [0.05, 0.1) is 4.90 Å². The van der Waals surface area contributed by atoms with Gasteiger partial charge in [0.1, 0.15) is 0 Å². The van der Waals surface area contributed by atoms with Crippen LogP contribution in [-0.4, -0.2) is 20.5 Å². The fourth-order valence-electron chi connectivity index (χ4n) is 2.35. The van der Waals surface area contributed by atoms with Crippen molar-refractivity contribution in [1.29, 1.82) is 0 Å². The second-order valence-electron chi connectivity index (χ2n) is 5.26. The number of nitrogens with two attached hydrogens (primary N) is 1. The number of hydrogen-bond acceptors (Lipinski definition) is 3. The highest BCUT2D eigenvalue weighted by molar-refractivity contribution is 9.11. The maximum Gasteiger partial charge on any atom is 0.241 e. The third-order valence-corrected chi connectivity index (χ3v) is 6.93. The van der Waals surface area contributed by atoms with E-state index in [4.69, 9.17) is 5.73 Å². The van der Waals surface area contributed by atoms with Crippen LogP contribution in [0, 0.1) is 6.92 Å². The van der Waals surface area contributed by atoms with Crippen LogP contribution < -0.4 is 10.5 Å². The first-order valence-corrected chi connectivity index (χ1v) is 9.60. The lowest BCUT2D eigenvalue weighted by Crippen LogP contribution is -2.40. The van der Waals surface area contributed by atoms with Crippen LogP contribution in [0.3, 0.4) is 0 Å². The molecule has 2 rings (SSSR count). The first-order valence-electron chi connectivity index (χ1n) is 6.53. The van der Waals surface area contributed by atoms with E-state index in [-0.39, 0.29) is 17.0 Å². The lowest BCUT2D eigenvalue weighted by atomic mass is 9.93. The van der Waals surface area contributed by atoms with E-state index >= 15 is 0 Å². The van der Waals surface area contributed by atoms with Crippen molar-refractivity contribution in [3.05, 3.63) is 26.6 Å². The molecule has 3 N–H and O–H groups in total. The molecule has 0 aliphatic heterocycles. The van der Waals surface area contributed by atoms with Crippen molar-refractivity contribution >= 4 is 41.9 Å². The minimum Gasteiger partial charge on any atom is -0.328 e. The molecule has 0 aromatic heterocycles. The SMILES string of the molecule is Cc1cc(Br)c(S(=O)(=O)NC2CCC(N)CC2)cc1Br. The molecule has 1 fully saturated rings. The lowest BCUT2D eigenvalue weighted by molar-refractivity contribution is 0.373. The van der Waals surface area contributed by atoms with E-state index in [0.29, 0.717) is 4.47 Å². The Morgan fingerprint density at radius 3 is 2.35 bits per heavy atom. The molecule has 0 saturated heterocycles. The zero-order valence-electron chi connectivity index (χ0n) is 11.2. The van der Waals surface area contributed by atoms with Crippen LogP contribution in [-0.2, 0) is 10.0 Å². The van der Waals surface area contributed by atoms with Crippen LogP contribution in [0.25, 0.3) is 0 Å². The van der Waals surface area contributed by atoms with Crippen molar-refractivity contribution in [2.75, 3.05) is 0 Å². The molecule has 20 heavy (non-hydrogen) atoms. The van der Waals surface area contributed by atoms with E-state index in [1.807, 2.05) is 6.92 Å². The monoisotopic (exact) mass is 424 g/mol. The normalized spacial score (nSPS) is 23.8. The summed E-state index contributed by atoms with van der Waals surface area (Å²) in [4.78, 5) is 0.268. The summed E-state index contributed by atoms with van der Waals surface area (Å²) in [5, 5.41) is 0. The molecular weight excluding hydrogens is 408 g/mol. The van der Waals surface area contributed by atoms with Gasteiger partial charge in [-0.15, -0.1) is 0 Å². The third kappa shape index (κ3) is 3.82. The van der Waals surface area contributed by atoms with E-state index in [9.17, 15) is 8.42 Å². The van der Waals surface area contributed by atoms with Gasteiger partial charge < -0.3 is 5.73 Å². The molecule has 0 bridgehead atoms. The molecule has 1 aliphatic rings. The Hall–Kier alpha value is 0.0500. The largest absolute Gasteiger partial charge is 0.328 e. The van der Waals surface area contributed by atoms with Crippen molar-refractivity contribution in [2.24, 2.45) is 5.73 Å². The standard InChI is InChI=1S/C13H18Br2N2O2S/c1-8-6-12(15)13(7-11(8)14)20(18,19)17-10-4-2-9(16)3-5-10/h6-7,9-10,17H,2-5,16H2,1H3. The number of aryl methyl sites for hydroxylation is 1. The minimum absolute atomic E-state index is 0.0215. The molecule has 7 heteroatoms. The van der Waals surface area contributed by atoms with Gasteiger partial charge in [0.25, 0.3) is 0 Å². The van der Waals surface area contributed by atoms with E-state index in [1.165, 1.54) is 0 Å². The Bertz CT molecular complexity index is 597. The molecule has 1 aliphatic carbocycles. The van der Waals surface area contributed by atoms with Crippen molar-refractivity contribution in [3.8, 4) is 0 Å². The maximum absolute atomic E-state index is 12.5. The van der Waals surface area contributed by atoms with Gasteiger partial charge in [0, 0.05) is 21.0 Å². The van der Waals surface area contributed by atoms with E-state index in [1.54, 1.807) is 12.1 Å². The molecule has 1 aromatic rings. The average Bonchev–Trinajstić information content (AvgIpc) is 2.36. The van der Waals surface area contributed by atoms with Crippen molar-refractivity contribution in [3.63, 3.8) is 0 Å². The summed E-state index contributed by atoms with van der Waals surface area (Å²) >= 11 is 6.71. The fraction of sp³-hybridized carbons (Fsp3) is 0.538. The Kier molecular flexibility index (Phi) is 5.29. The van der Waals surface area contributed by atoms with Crippen LogP contribution in [0.4, 0.5) is 0 Å². The van der Waals surface area contributed by atoms with Gasteiger partial charge >= 0.3 is 0 Å². The first kappa shape index (κ1) is 16.4. The smallest absolute Gasteiger partial charge is 0.241 e. The molecule has 0 atom stereocenters. The van der Waals surface area contributed by atoms with Gasteiger partial charge in [0.2, 0.25) is 10.0 Å². The molecule has 1 saturated carbocycles. The third-order valence-electron chi connectivity index (χ3n) is 3.60. The topological polar surface area (TPSA) is 72.2 Å². The molecule has 0 unspecified atom stereocenters. The lowest BCUT2D eigenvalue weighted by Gasteiger charge is -2.26. The molecule has 0 spiro atoms. The summed E-state index contributed by atoms with van der Waals surface area (Å²) in [5.41, 5.74) is 6.83. The summed E-state index contributed by atoms with van der Waals surface area (Å²) in [6, 6.07) is 3.62. The quantitative estimate of drug-likeness (QED) is 0.781. The Balaban J connectivity index is 2.20. The summed E-state index contributed by atoms with van der Waals surface area (Å²) < 4.78 is 29.1. The minimum atomic E-state index is -3.52. The maximum atomic E-state index is 12.5. The highest BCUT2D eigenvalue weighted by Gasteiger charge is 2.26. The number of hydrogen-bond donors (Lipinski definition) is 2. The predicted octanol–water partition coefficient (Wildman–Crippen LogP) is 3.07. The number of sulfonamides is 1. The highest BCUT2D eigenvalue weighted by atomic mass is 79.9. The predicted molar refractivity (Wildman–Crippen MR) is 87.1 cm³/mol. The fourth-order valence-corrected chi connectivity index (χ4v) is 5.34. The molecule has 0 radical (unpaired) electrons. The van der Waals surface area contributed by atoms with E-state index in [2.05, 4.69) is 36.6 Å². The first-order chi connectivity index (χ1) is 9.29. The summed E-state index contributed by atoms with van der Waals surface area (Å²) in [7, 11) is -3.52. The highest BCUT2D eigenvalue weighted by Crippen LogP contribution is 2.29. The number of halogens is 2. The van der Waals surface area contributed by atoms with Gasteiger partial charge in [-0.1, -0.05) is 15.9 Å². The summed E-state index contributed by atoms with van der Waals surface area (Å²) in [6.07, 6.45) is 3.33. The van der Waals surface area contributed by atoms with Gasteiger partial charge in [0.15, 0.2) is 0 Å². The summed E-state index contributed by atoms with van der Waals surface area (Å²) in [6.45, 7) is 1.92. The molecular formula is C13H18Br2N2O2S. The molecule has 0 heterocycles. The zero-order chi connectivity index (χ0) is 14.9. The Morgan fingerprint density at radius 1 is 1.15 bits per heavy atom. The van der Waals surface area contributed by atoms with Crippen LogP contribution >= 0.6 is 31.9 Å². The molecule has 1 aromatic carbocycles. The van der Waals surface area contributed by atoms with E-state index in [0.717, 1.165) is 35.7 Å². The van der Waals surface area contributed by atoms with Crippen molar-refractivity contribution in [2.45, 2.75) is 49.6 Å². The van der Waals surface area contributed by atoms with Crippen molar-refractivity contribution in [1.82, 2.24) is 4.72 Å². The van der Waals surface area contributed by atoms with Crippen molar-refractivity contribution < 1.29 is 8.42 Å². The average molecular weight is 426 g/mol. The van der Waals surface area contributed by atoms with Crippen LogP contribution in [0.15, 0.2) is 26.0 Å². The van der Waals surface area contributed by atoms with E-state index < -0.39 is 10.0 Å².